The highest BCUT2D eigenvalue weighted by Crippen LogP contribution is 2.23. The molecule has 0 spiro atoms. The third-order valence-corrected chi connectivity index (χ3v) is 2.83. The van der Waals surface area contributed by atoms with Crippen molar-refractivity contribution in [1.29, 1.82) is 0 Å². The second-order valence-corrected chi connectivity index (χ2v) is 4.28. The number of ether oxygens (including phenoxy) is 2. The second-order valence-electron chi connectivity index (χ2n) is 4.28. The fraction of sp³-hybridized carbons (Fsp3) is 0.500. The van der Waals surface area contributed by atoms with E-state index in [2.05, 4.69) is 5.32 Å². The molecular weight excluding hydrogens is 244 g/mol. The molecule has 0 bridgehead atoms. The van der Waals surface area contributed by atoms with Crippen LogP contribution in [0, 0.1) is 0 Å². The summed E-state index contributed by atoms with van der Waals surface area (Å²) < 4.78 is 10.5. The molecule has 5 heteroatoms. The number of amides is 1. The van der Waals surface area contributed by atoms with Crippen molar-refractivity contribution in [3.05, 3.63) is 23.8 Å². The van der Waals surface area contributed by atoms with Gasteiger partial charge in [-0.3, -0.25) is 4.79 Å². The minimum absolute atomic E-state index is 0.241. The number of hydrogen-bond acceptors (Lipinski definition) is 4. The van der Waals surface area contributed by atoms with Crippen LogP contribution in [-0.4, -0.2) is 26.7 Å². The van der Waals surface area contributed by atoms with Crippen LogP contribution in [0.2, 0.25) is 0 Å². The van der Waals surface area contributed by atoms with E-state index in [0.717, 1.165) is 36.4 Å². The molecule has 19 heavy (non-hydrogen) atoms. The van der Waals surface area contributed by atoms with Crippen LogP contribution < -0.4 is 20.5 Å². The summed E-state index contributed by atoms with van der Waals surface area (Å²) in [5.74, 6) is 1.41. The molecular formula is C14H22N2O3. The van der Waals surface area contributed by atoms with Gasteiger partial charge in [0, 0.05) is 18.5 Å². The first-order valence-corrected chi connectivity index (χ1v) is 6.37. The van der Waals surface area contributed by atoms with Gasteiger partial charge in [-0.25, -0.2) is 0 Å². The van der Waals surface area contributed by atoms with E-state index >= 15 is 0 Å². The average molecular weight is 266 g/mol. The van der Waals surface area contributed by atoms with Gasteiger partial charge in [-0.1, -0.05) is 0 Å². The predicted octanol–water partition coefficient (Wildman–Crippen LogP) is 1.45. The molecule has 0 aliphatic rings. The van der Waals surface area contributed by atoms with E-state index in [4.69, 9.17) is 15.2 Å². The molecule has 1 amide bonds. The summed E-state index contributed by atoms with van der Waals surface area (Å²) in [5, 5.41) is 3.31. The van der Waals surface area contributed by atoms with E-state index in [-0.39, 0.29) is 5.91 Å². The first-order chi connectivity index (χ1) is 9.17. The van der Waals surface area contributed by atoms with Gasteiger partial charge < -0.3 is 20.5 Å². The Hall–Kier alpha value is -1.75. The van der Waals surface area contributed by atoms with E-state index in [1.165, 1.54) is 0 Å². The van der Waals surface area contributed by atoms with Gasteiger partial charge in [0.1, 0.15) is 11.5 Å². The van der Waals surface area contributed by atoms with Crippen LogP contribution in [0.15, 0.2) is 18.2 Å². The lowest BCUT2D eigenvalue weighted by Gasteiger charge is -2.11. The lowest BCUT2D eigenvalue weighted by Crippen LogP contribution is -2.16. The summed E-state index contributed by atoms with van der Waals surface area (Å²) in [5.41, 5.74) is 6.13. The first kappa shape index (κ1) is 15.3. The number of hydrogen-bond donors (Lipinski definition) is 2. The van der Waals surface area contributed by atoms with Crippen molar-refractivity contribution in [3.63, 3.8) is 0 Å². The van der Waals surface area contributed by atoms with Crippen molar-refractivity contribution >= 4 is 5.91 Å². The van der Waals surface area contributed by atoms with Gasteiger partial charge in [-0.15, -0.1) is 0 Å². The van der Waals surface area contributed by atoms with E-state index in [1.54, 1.807) is 14.2 Å². The number of methoxy groups -OCH3 is 2. The fourth-order valence-corrected chi connectivity index (χ4v) is 1.79. The standard InChI is InChI=1S/C14H22N2O3/c1-18-12-6-7-13(19-2)11(9-12)10-16-8-4-3-5-14(15)17/h6-7,9,16H,3-5,8,10H2,1-2H3,(H2,15,17). The number of nitrogens with two attached hydrogens (primary N) is 1. The normalized spacial score (nSPS) is 10.2. The van der Waals surface area contributed by atoms with Crippen LogP contribution in [-0.2, 0) is 11.3 Å². The molecule has 0 unspecified atom stereocenters. The molecule has 5 nitrogen and oxygen atoms in total. The Kier molecular flexibility index (Phi) is 6.74. The monoisotopic (exact) mass is 266 g/mol. The zero-order chi connectivity index (χ0) is 14.1. The van der Waals surface area contributed by atoms with Gasteiger partial charge in [-0.2, -0.15) is 0 Å². The Morgan fingerprint density at radius 1 is 1.26 bits per heavy atom. The van der Waals surface area contributed by atoms with E-state index in [0.29, 0.717) is 13.0 Å². The summed E-state index contributed by atoms with van der Waals surface area (Å²) in [6.07, 6.45) is 2.19. The van der Waals surface area contributed by atoms with Gasteiger partial charge in [-0.05, 0) is 37.6 Å². The number of rotatable bonds is 9. The van der Waals surface area contributed by atoms with Gasteiger partial charge in [0.05, 0.1) is 14.2 Å². The molecule has 0 radical (unpaired) electrons. The quantitative estimate of drug-likeness (QED) is 0.663. The Balaban J connectivity index is 2.37. The number of benzene rings is 1. The van der Waals surface area contributed by atoms with Gasteiger partial charge in [0.2, 0.25) is 5.91 Å². The fourth-order valence-electron chi connectivity index (χ4n) is 1.79. The van der Waals surface area contributed by atoms with Crippen LogP contribution in [0.1, 0.15) is 24.8 Å². The van der Waals surface area contributed by atoms with Crippen LogP contribution in [0.5, 0.6) is 11.5 Å². The maximum atomic E-state index is 10.6. The van der Waals surface area contributed by atoms with E-state index < -0.39 is 0 Å². The predicted molar refractivity (Wildman–Crippen MR) is 74.3 cm³/mol. The van der Waals surface area contributed by atoms with Crippen molar-refractivity contribution in [3.8, 4) is 11.5 Å². The molecule has 106 valence electrons. The minimum Gasteiger partial charge on any atom is -0.497 e. The third kappa shape index (κ3) is 5.61. The number of carbonyl (C=O) groups is 1. The number of nitrogens with one attached hydrogen (secondary N) is 1. The Labute approximate surface area is 114 Å². The Bertz CT molecular complexity index is 408. The molecule has 0 saturated carbocycles. The van der Waals surface area contributed by atoms with Gasteiger partial charge in [0.15, 0.2) is 0 Å². The molecule has 1 aromatic rings. The highest BCUT2D eigenvalue weighted by molar-refractivity contribution is 5.73. The van der Waals surface area contributed by atoms with Gasteiger partial charge >= 0.3 is 0 Å². The SMILES string of the molecule is COc1ccc(OC)c(CNCCCCC(N)=O)c1. The summed E-state index contributed by atoms with van der Waals surface area (Å²) in [4.78, 5) is 10.6. The van der Waals surface area contributed by atoms with Gasteiger partial charge in [0.25, 0.3) is 0 Å². The summed E-state index contributed by atoms with van der Waals surface area (Å²) >= 11 is 0. The number of primary amides is 1. The molecule has 0 aliphatic heterocycles. The summed E-state index contributed by atoms with van der Waals surface area (Å²) in [6, 6.07) is 5.72. The van der Waals surface area contributed by atoms with E-state index in [1.807, 2.05) is 18.2 Å². The molecule has 0 fully saturated rings. The average Bonchev–Trinajstić information content (AvgIpc) is 2.42. The zero-order valence-corrected chi connectivity index (χ0v) is 11.6. The van der Waals surface area contributed by atoms with Crippen molar-refractivity contribution in [2.45, 2.75) is 25.8 Å². The third-order valence-electron chi connectivity index (χ3n) is 2.83. The lowest BCUT2D eigenvalue weighted by molar-refractivity contribution is -0.118. The summed E-state index contributed by atoms with van der Waals surface area (Å²) in [6.45, 7) is 1.55. The van der Waals surface area contributed by atoms with E-state index in [9.17, 15) is 4.79 Å². The summed E-state index contributed by atoms with van der Waals surface area (Å²) in [7, 11) is 3.29. The van der Waals surface area contributed by atoms with Crippen molar-refractivity contribution in [2.75, 3.05) is 20.8 Å². The minimum atomic E-state index is -0.241. The molecule has 1 rings (SSSR count). The molecule has 0 saturated heterocycles. The van der Waals surface area contributed by atoms with Crippen LogP contribution >= 0.6 is 0 Å². The first-order valence-electron chi connectivity index (χ1n) is 6.37. The van der Waals surface area contributed by atoms with Crippen molar-refractivity contribution < 1.29 is 14.3 Å². The molecule has 3 N–H and O–H groups in total. The largest absolute Gasteiger partial charge is 0.497 e. The Morgan fingerprint density at radius 2 is 2.05 bits per heavy atom. The molecule has 1 aromatic carbocycles. The van der Waals surface area contributed by atoms with Crippen molar-refractivity contribution in [1.82, 2.24) is 5.32 Å². The topological polar surface area (TPSA) is 73.6 Å². The number of carbonyl (C=O) groups excluding carboxylic acids is 1. The smallest absolute Gasteiger partial charge is 0.217 e. The molecule has 0 atom stereocenters. The highest BCUT2D eigenvalue weighted by atomic mass is 16.5. The number of unbranched alkanes of at least 4 members (excludes halogenated alkanes) is 1. The molecule has 0 aliphatic carbocycles. The highest BCUT2D eigenvalue weighted by Gasteiger charge is 2.04. The maximum Gasteiger partial charge on any atom is 0.217 e. The molecule has 0 aromatic heterocycles. The maximum absolute atomic E-state index is 10.6. The zero-order valence-electron chi connectivity index (χ0n) is 11.6. The van der Waals surface area contributed by atoms with Crippen LogP contribution in [0.4, 0.5) is 0 Å². The molecule has 0 heterocycles. The Morgan fingerprint density at radius 3 is 2.68 bits per heavy atom. The van der Waals surface area contributed by atoms with Crippen LogP contribution in [0.25, 0.3) is 0 Å². The lowest BCUT2D eigenvalue weighted by atomic mass is 10.1. The van der Waals surface area contributed by atoms with Crippen LogP contribution in [0.3, 0.4) is 0 Å². The second kappa shape index (κ2) is 8.37. The van der Waals surface area contributed by atoms with Crippen molar-refractivity contribution in [2.24, 2.45) is 5.73 Å².